The van der Waals surface area contributed by atoms with Crippen molar-refractivity contribution in [3.8, 4) is 5.75 Å². The average molecular weight is 375 g/mol. The number of aliphatic carboxylic acids is 1. The fraction of sp³-hybridized carbons (Fsp3) is 0.375. The van der Waals surface area contributed by atoms with E-state index in [4.69, 9.17) is 4.74 Å². The third-order valence-corrected chi connectivity index (χ3v) is 6.47. The summed E-state index contributed by atoms with van der Waals surface area (Å²) in [6, 6.07) is 16.9. The number of carboxylic acids is 1. The minimum Gasteiger partial charge on any atom is -0.488 e. The number of fused-ring (bicyclic) bond motifs is 2. The Bertz CT molecular complexity index is 898. The Kier molecular flexibility index (Phi) is 4.24. The van der Waals surface area contributed by atoms with Gasteiger partial charge in [-0.15, -0.1) is 0 Å². The Morgan fingerprint density at radius 3 is 2.39 bits per heavy atom. The lowest BCUT2D eigenvalue weighted by Gasteiger charge is -2.32. The van der Waals surface area contributed by atoms with Gasteiger partial charge in [0, 0.05) is 25.2 Å². The van der Waals surface area contributed by atoms with Crippen molar-refractivity contribution in [3.05, 3.63) is 70.8 Å². The van der Waals surface area contributed by atoms with E-state index in [1.165, 1.54) is 27.8 Å². The molecule has 0 aromatic heterocycles. The lowest BCUT2D eigenvalue weighted by atomic mass is 9.86. The lowest BCUT2D eigenvalue weighted by molar-refractivity contribution is -0.144. The Morgan fingerprint density at radius 1 is 1.00 bits per heavy atom. The van der Waals surface area contributed by atoms with Gasteiger partial charge in [-0.25, -0.2) is 0 Å². The molecular formula is C24H25NO3. The highest BCUT2D eigenvalue weighted by molar-refractivity contribution is 5.87. The third kappa shape index (κ3) is 3.02. The molecule has 0 spiro atoms. The van der Waals surface area contributed by atoms with Crippen molar-refractivity contribution in [1.82, 2.24) is 4.90 Å². The maximum Gasteiger partial charge on any atom is 0.310 e. The molecule has 0 atom stereocenters. The first-order valence-electron chi connectivity index (χ1n) is 10.1. The van der Waals surface area contributed by atoms with Gasteiger partial charge in [-0.3, -0.25) is 4.79 Å². The zero-order valence-corrected chi connectivity index (χ0v) is 16.0. The maximum atomic E-state index is 11.5. The van der Waals surface area contributed by atoms with Crippen LogP contribution in [0.5, 0.6) is 5.75 Å². The molecule has 2 aromatic carbocycles. The van der Waals surface area contributed by atoms with E-state index >= 15 is 0 Å². The number of likely N-dealkylation sites (tertiary alicyclic amines) is 1. The van der Waals surface area contributed by atoms with E-state index in [-0.39, 0.29) is 0 Å². The van der Waals surface area contributed by atoms with Crippen LogP contribution in [-0.2, 0) is 11.4 Å². The molecule has 2 fully saturated rings. The van der Waals surface area contributed by atoms with Gasteiger partial charge in [-0.2, -0.15) is 0 Å². The summed E-state index contributed by atoms with van der Waals surface area (Å²) in [7, 11) is 0. The molecule has 1 N–H and O–H groups in total. The minimum atomic E-state index is -0.625. The van der Waals surface area contributed by atoms with Gasteiger partial charge in [-0.1, -0.05) is 48.0 Å². The summed E-state index contributed by atoms with van der Waals surface area (Å²) in [5.41, 5.74) is 6.00. The molecule has 144 valence electrons. The summed E-state index contributed by atoms with van der Waals surface area (Å²) in [4.78, 5) is 13.9. The van der Waals surface area contributed by atoms with Crippen molar-refractivity contribution < 1.29 is 14.6 Å². The number of nitrogens with zero attached hydrogens (tertiary/aromatic N) is 1. The molecule has 3 aliphatic rings. The van der Waals surface area contributed by atoms with Crippen molar-refractivity contribution in [2.24, 2.45) is 5.41 Å². The number of carbonyl (C=O) groups is 1. The Hall–Kier alpha value is -2.59. The van der Waals surface area contributed by atoms with Gasteiger partial charge in [-0.05, 0) is 48.4 Å². The normalized spacial score (nSPS) is 20.6. The average Bonchev–Trinajstić information content (AvgIpc) is 3.52. The summed E-state index contributed by atoms with van der Waals surface area (Å²) >= 11 is 0. The number of hydrogen-bond donors (Lipinski definition) is 1. The number of ether oxygens (including phenoxy) is 1. The first kappa shape index (κ1) is 17.5. The van der Waals surface area contributed by atoms with Gasteiger partial charge >= 0.3 is 5.97 Å². The summed E-state index contributed by atoms with van der Waals surface area (Å²) in [6.07, 6.45) is 3.61. The van der Waals surface area contributed by atoms with Crippen molar-refractivity contribution in [2.45, 2.75) is 32.3 Å². The van der Waals surface area contributed by atoms with Crippen LogP contribution in [0, 0.1) is 5.41 Å². The van der Waals surface area contributed by atoms with E-state index in [2.05, 4.69) is 47.4 Å². The van der Waals surface area contributed by atoms with Gasteiger partial charge in [0.1, 0.15) is 12.4 Å². The SMILES string of the molecule is O=C(O)C1(CN2CCC(=C3c4ccccc4COc4ccccc43)CC2)CC1. The van der Waals surface area contributed by atoms with E-state index in [0.717, 1.165) is 44.5 Å². The second-order valence-electron chi connectivity index (χ2n) is 8.28. The highest BCUT2D eigenvalue weighted by atomic mass is 16.5. The predicted octanol–water partition coefficient (Wildman–Crippen LogP) is 4.34. The van der Waals surface area contributed by atoms with E-state index in [9.17, 15) is 9.90 Å². The molecule has 28 heavy (non-hydrogen) atoms. The van der Waals surface area contributed by atoms with Crippen LogP contribution in [0.25, 0.3) is 5.57 Å². The summed E-state index contributed by atoms with van der Waals surface area (Å²) in [6.45, 7) is 3.15. The van der Waals surface area contributed by atoms with Crippen LogP contribution in [0.4, 0.5) is 0 Å². The Balaban J connectivity index is 1.47. The highest BCUT2D eigenvalue weighted by Crippen LogP contribution is 2.47. The van der Waals surface area contributed by atoms with Crippen LogP contribution in [-0.4, -0.2) is 35.6 Å². The number of hydrogen-bond acceptors (Lipinski definition) is 3. The van der Waals surface area contributed by atoms with Crippen LogP contribution in [0.1, 0.15) is 42.4 Å². The second-order valence-corrected chi connectivity index (χ2v) is 8.28. The zero-order chi connectivity index (χ0) is 19.1. The standard InChI is InChI=1S/C24H25NO3/c26-23(27)24(11-12-24)16-25-13-9-17(10-14-25)22-19-6-2-1-5-18(19)15-28-21-8-4-3-7-20(21)22/h1-8H,9-16H2,(H,26,27). The molecule has 0 amide bonds. The van der Waals surface area contributed by atoms with Crippen LogP contribution in [0.3, 0.4) is 0 Å². The molecule has 1 saturated carbocycles. The minimum absolute atomic E-state index is 0.472. The highest BCUT2D eigenvalue weighted by Gasteiger charge is 2.51. The first-order valence-corrected chi connectivity index (χ1v) is 10.1. The maximum absolute atomic E-state index is 11.5. The quantitative estimate of drug-likeness (QED) is 0.867. The van der Waals surface area contributed by atoms with E-state index in [1.807, 2.05) is 6.07 Å². The lowest BCUT2D eigenvalue weighted by Crippen LogP contribution is -2.38. The Morgan fingerprint density at radius 2 is 1.68 bits per heavy atom. The molecule has 0 bridgehead atoms. The van der Waals surface area contributed by atoms with Crippen molar-refractivity contribution in [1.29, 1.82) is 0 Å². The van der Waals surface area contributed by atoms with Crippen LogP contribution >= 0.6 is 0 Å². The van der Waals surface area contributed by atoms with Gasteiger partial charge in [0.25, 0.3) is 0 Å². The molecular weight excluding hydrogens is 350 g/mol. The van der Waals surface area contributed by atoms with Gasteiger partial charge < -0.3 is 14.7 Å². The van der Waals surface area contributed by atoms with Gasteiger partial charge in [0.05, 0.1) is 5.41 Å². The largest absolute Gasteiger partial charge is 0.488 e. The van der Waals surface area contributed by atoms with Gasteiger partial charge in [0.2, 0.25) is 0 Å². The molecule has 4 nitrogen and oxygen atoms in total. The fourth-order valence-electron chi connectivity index (χ4n) is 4.62. The van der Waals surface area contributed by atoms with E-state index < -0.39 is 11.4 Å². The summed E-state index contributed by atoms with van der Waals surface area (Å²) < 4.78 is 6.11. The molecule has 1 aliphatic carbocycles. The summed E-state index contributed by atoms with van der Waals surface area (Å²) in [5, 5.41) is 9.49. The fourth-order valence-corrected chi connectivity index (χ4v) is 4.62. The summed E-state index contributed by atoms with van der Waals surface area (Å²) in [5.74, 6) is 0.326. The van der Waals surface area contributed by atoms with Crippen molar-refractivity contribution in [2.75, 3.05) is 19.6 Å². The number of rotatable bonds is 3. The van der Waals surface area contributed by atoms with Crippen LogP contribution in [0.2, 0.25) is 0 Å². The molecule has 2 aromatic rings. The molecule has 2 heterocycles. The number of piperidine rings is 1. The number of benzene rings is 2. The topological polar surface area (TPSA) is 49.8 Å². The Labute approximate surface area is 165 Å². The zero-order valence-electron chi connectivity index (χ0n) is 16.0. The smallest absolute Gasteiger partial charge is 0.310 e. The molecule has 2 aliphatic heterocycles. The van der Waals surface area contributed by atoms with Crippen molar-refractivity contribution >= 4 is 11.5 Å². The second kappa shape index (κ2) is 6.78. The molecule has 5 rings (SSSR count). The molecule has 1 saturated heterocycles. The van der Waals surface area contributed by atoms with Crippen LogP contribution in [0.15, 0.2) is 54.1 Å². The van der Waals surface area contributed by atoms with E-state index in [0.29, 0.717) is 13.2 Å². The molecule has 0 radical (unpaired) electrons. The third-order valence-electron chi connectivity index (χ3n) is 6.47. The molecule has 0 unspecified atom stereocenters. The van der Waals surface area contributed by atoms with Crippen LogP contribution < -0.4 is 4.74 Å². The monoisotopic (exact) mass is 375 g/mol. The van der Waals surface area contributed by atoms with E-state index in [1.54, 1.807) is 0 Å². The molecule has 4 heteroatoms. The van der Waals surface area contributed by atoms with Crippen molar-refractivity contribution in [3.63, 3.8) is 0 Å². The number of para-hydroxylation sites is 1. The first-order chi connectivity index (χ1) is 13.7. The number of carboxylic acid groups (broad SMARTS) is 1. The van der Waals surface area contributed by atoms with Gasteiger partial charge in [0.15, 0.2) is 0 Å². The predicted molar refractivity (Wildman–Crippen MR) is 108 cm³/mol.